The zero-order valence-electron chi connectivity index (χ0n) is 10.3. The molecule has 0 fully saturated rings. The van der Waals surface area contributed by atoms with Gasteiger partial charge in [-0.3, -0.25) is 4.79 Å². The molecule has 98 valence electrons. The predicted molar refractivity (Wildman–Crippen MR) is 62.5 cm³/mol. The van der Waals surface area contributed by atoms with Gasteiger partial charge >= 0.3 is 5.97 Å². The van der Waals surface area contributed by atoms with Gasteiger partial charge in [-0.1, -0.05) is 0 Å². The Balaban J connectivity index is 4.38. The first-order valence-corrected chi connectivity index (χ1v) is 6.94. The van der Waals surface area contributed by atoms with Crippen LogP contribution >= 0.6 is 0 Å². The maximum atomic E-state index is 11.8. The normalized spacial score (nSPS) is 13.1. The topological polar surface area (TPSA) is 87.5 Å². The van der Waals surface area contributed by atoms with E-state index in [1.165, 1.54) is 7.05 Å². The van der Waals surface area contributed by atoms with Crippen molar-refractivity contribution in [3.05, 3.63) is 0 Å². The van der Waals surface area contributed by atoms with Gasteiger partial charge in [-0.2, -0.15) is 5.26 Å². The van der Waals surface area contributed by atoms with E-state index in [1.54, 1.807) is 13.8 Å². The molecule has 17 heavy (non-hydrogen) atoms. The van der Waals surface area contributed by atoms with Crippen LogP contribution in [0.15, 0.2) is 0 Å². The van der Waals surface area contributed by atoms with Crippen molar-refractivity contribution in [3.63, 3.8) is 0 Å². The number of carbonyl (C=O) groups is 1. The maximum Gasteiger partial charge on any atom is 0.306 e. The Labute approximate surface area is 102 Å². The van der Waals surface area contributed by atoms with Gasteiger partial charge in [0.25, 0.3) is 0 Å². The third kappa shape index (κ3) is 5.65. The molecule has 0 bridgehead atoms. The molecule has 0 aliphatic carbocycles. The van der Waals surface area contributed by atoms with Crippen molar-refractivity contribution in [2.24, 2.45) is 0 Å². The highest BCUT2D eigenvalue weighted by molar-refractivity contribution is 7.89. The van der Waals surface area contributed by atoms with Crippen LogP contribution in [-0.4, -0.2) is 44.1 Å². The molecule has 0 aromatic rings. The number of carbonyl (C=O) groups excluding carboxylic acids is 1. The van der Waals surface area contributed by atoms with Crippen molar-refractivity contribution in [2.75, 3.05) is 19.4 Å². The standard InChI is InChI=1S/C10H18N2O4S/c1-4-16-10(13)6-8-17(14,15)12(3)9(2)5-7-11/h9H,4-6,8H2,1-3H3. The van der Waals surface area contributed by atoms with Crippen LogP contribution in [0.5, 0.6) is 0 Å². The average Bonchev–Trinajstić information content (AvgIpc) is 2.26. The molecular weight excluding hydrogens is 244 g/mol. The molecule has 1 atom stereocenters. The number of esters is 1. The van der Waals surface area contributed by atoms with Gasteiger partial charge in [0.15, 0.2) is 0 Å². The molecule has 0 saturated heterocycles. The zero-order valence-corrected chi connectivity index (χ0v) is 11.2. The van der Waals surface area contributed by atoms with Crippen molar-refractivity contribution in [3.8, 4) is 6.07 Å². The minimum Gasteiger partial charge on any atom is -0.466 e. The molecule has 0 aromatic heterocycles. The van der Waals surface area contributed by atoms with Crippen molar-refractivity contribution in [1.29, 1.82) is 5.26 Å². The summed E-state index contributed by atoms with van der Waals surface area (Å²) < 4.78 is 29.3. The second-order valence-corrected chi connectivity index (χ2v) is 5.75. The summed E-state index contributed by atoms with van der Waals surface area (Å²) in [6.45, 7) is 3.54. The van der Waals surface area contributed by atoms with E-state index in [9.17, 15) is 13.2 Å². The SMILES string of the molecule is CCOC(=O)CCS(=O)(=O)N(C)C(C)CC#N. The molecule has 6 nitrogen and oxygen atoms in total. The van der Waals surface area contributed by atoms with Crippen LogP contribution < -0.4 is 0 Å². The monoisotopic (exact) mass is 262 g/mol. The Hall–Kier alpha value is -1.13. The maximum absolute atomic E-state index is 11.8. The summed E-state index contributed by atoms with van der Waals surface area (Å²) in [6, 6.07) is 1.51. The lowest BCUT2D eigenvalue weighted by Gasteiger charge is -2.21. The third-order valence-electron chi connectivity index (χ3n) is 2.32. The number of sulfonamides is 1. The van der Waals surface area contributed by atoms with Gasteiger partial charge in [-0.25, -0.2) is 12.7 Å². The molecule has 0 amide bonds. The van der Waals surface area contributed by atoms with E-state index in [-0.39, 0.29) is 25.2 Å². The van der Waals surface area contributed by atoms with Crippen molar-refractivity contribution in [1.82, 2.24) is 4.31 Å². The van der Waals surface area contributed by atoms with E-state index in [0.29, 0.717) is 0 Å². The smallest absolute Gasteiger partial charge is 0.306 e. The van der Waals surface area contributed by atoms with E-state index < -0.39 is 22.0 Å². The lowest BCUT2D eigenvalue weighted by atomic mass is 10.3. The Morgan fingerprint density at radius 3 is 2.59 bits per heavy atom. The van der Waals surface area contributed by atoms with Gasteiger partial charge in [-0.05, 0) is 13.8 Å². The molecule has 7 heteroatoms. The predicted octanol–water partition coefficient (Wildman–Crippen LogP) is 0.503. The summed E-state index contributed by atoms with van der Waals surface area (Å²) in [5.41, 5.74) is 0. The van der Waals surface area contributed by atoms with E-state index in [2.05, 4.69) is 4.74 Å². The molecule has 0 radical (unpaired) electrons. The van der Waals surface area contributed by atoms with E-state index in [4.69, 9.17) is 5.26 Å². The average molecular weight is 262 g/mol. The quantitative estimate of drug-likeness (QED) is 0.623. The molecule has 0 aliphatic rings. The van der Waals surface area contributed by atoms with Gasteiger partial charge in [0.05, 0.1) is 31.3 Å². The van der Waals surface area contributed by atoms with Gasteiger partial charge < -0.3 is 4.74 Å². The van der Waals surface area contributed by atoms with Crippen LogP contribution in [0.1, 0.15) is 26.7 Å². The van der Waals surface area contributed by atoms with E-state index in [1.807, 2.05) is 6.07 Å². The first-order valence-electron chi connectivity index (χ1n) is 5.33. The number of nitriles is 1. The Morgan fingerprint density at radius 1 is 1.53 bits per heavy atom. The van der Waals surface area contributed by atoms with Gasteiger partial charge in [0.2, 0.25) is 10.0 Å². The zero-order chi connectivity index (χ0) is 13.5. The van der Waals surface area contributed by atoms with Crippen LogP contribution in [0.3, 0.4) is 0 Å². The lowest BCUT2D eigenvalue weighted by Crippen LogP contribution is -2.37. The molecule has 1 unspecified atom stereocenters. The number of ether oxygens (including phenoxy) is 1. The molecule has 0 rings (SSSR count). The Morgan fingerprint density at radius 2 is 2.12 bits per heavy atom. The van der Waals surface area contributed by atoms with Gasteiger partial charge in [-0.15, -0.1) is 0 Å². The summed E-state index contributed by atoms with van der Waals surface area (Å²) in [5.74, 6) is -0.824. The molecule has 0 N–H and O–H groups in total. The lowest BCUT2D eigenvalue weighted by molar-refractivity contribution is -0.142. The Bertz CT molecular complexity index is 386. The summed E-state index contributed by atoms with van der Waals surface area (Å²) in [7, 11) is -2.11. The summed E-state index contributed by atoms with van der Waals surface area (Å²) in [4.78, 5) is 11.1. The fourth-order valence-electron chi connectivity index (χ4n) is 1.12. The summed E-state index contributed by atoms with van der Waals surface area (Å²) >= 11 is 0. The molecule has 0 spiro atoms. The first kappa shape index (κ1) is 15.9. The van der Waals surface area contributed by atoms with E-state index >= 15 is 0 Å². The molecular formula is C10H18N2O4S. The fourth-order valence-corrected chi connectivity index (χ4v) is 2.46. The van der Waals surface area contributed by atoms with Crippen molar-refractivity contribution in [2.45, 2.75) is 32.7 Å². The second kappa shape index (κ2) is 7.25. The first-order chi connectivity index (χ1) is 7.85. The highest BCUT2D eigenvalue weighted by Crippen LogP contribution is 2.08. The summed E-state index contributed by atoms with van der Waals surface area (Å²) in [6.07, 6.45) is -0.0467. The van der Waals surface area contributed by atoms with Gasteiger partial charge in [0, 0.05) is 13.1 Å². The van der Waals surface area contributed by atoms with Crippen molar-refractivity contribution >= 4 is 16.0 Å². The van der Waals surface area contributed by atoms with Crippen LogP contribution in [0.2, 0.25) is 0 Å². The summed E-state index contributed by atoms with van der Waals surface area (Å²) in [5, 5.41) is 8.49. The van der Waals surface area contributed by atoms with Crippen molar-refractivity contribution < 1.29 is 17.9 Å². The van der Waals surface area contributed by atoms with Crippen LogP contribution in [0.25, 0.3) is 0 Å². The molecule has 0 heterocycles. The van der Waals surface area contributed by atoms with E-state index in [0.717, 1.165) is 4.31 Å². The minimum atomic E-state index is -3.51. The van der Waals surface area contributed by atoms with Crippen LogP contribution in [0.4, 0.5) is 0 Å². The molecule has 0 aromatic carbocycles. The number of rotatable bonds is 7. The second-order valence-electron chi connectivity index (χ2n) is 3.60. The Kier molecular flexibility index (Phi) is 6.76. The minimum absolute atomic E-state index is 0.120. The number of hydrogen-bond donors (Lipinski definition) is 0. The highest BCUT2D eigenvalue weighted by atomic mass is 32.2. The van der Waals surface area contributed by atoms with Gasteiger partial charge in [0.1, 0.15) is 0 Å². The van der Waals surface area contributed by atoms with Crippen LogP contribution in [-0.2, 0) is 19.6 Å². The number of nitrogens with zero attached hydrogens (tertiary/aromatic N) is 2. The molecule has 0 aliphatic heterocycles. The largest absolute Gasteiger partial charge is 0.466 e. The highest BCUT2D eigenvalue weighted by Gasteiger charge is 2.23. The number of hydrogen-bond acceptors (Lipinski definition) is 5. The fraction of sp³-hybridized carbons (Fsp3) is 0.800. The van der Waals surface area contributed by atoms with Crippen LogP contribution in [0, 0.1) is 11.3 Å². The third-order valence-corrected chi connectivity index (χ3v) is 4.27. The molecule has 0 saturated carbocycles.